The zero-order valence-electron chi connectivity index (χ0n) is 14.1. The Morgan fingerprint density at radius 3 is 3.00 bits per heavy atom. The fourth-order valence-electron chi connectivity index (χ4n) is 3.18. The van der Waals surface area contributed by atoms with E-state index in [2.05, 4.69) is 31.3 Å². The molecule has 0 unspecified atom stereocenters. The lowest BCUT2D eigenvalue weighted by atomic mass is 9.97. The van der Waals surface area contributed by atoms with Gasteiger partial charge >= 0.3 is 0 Å². The number of thiophene rings is 1. The van der Waals surface area contributed by atoms with Crippen LogP contribution in [0.3, 0.4) is 0 Å². The van der Waals surface area contributed by atoms with E-state index in [1.54, 1.807) is 12.4 Å². The van der Waals surface area contributed by atoms with E-state index in [9.17, 15) is 0 Å². The smallest absolute Gasteiger partial charge is 0.255 e. The molecule has 0 amide bonds. The molecule has 126 valence electrons. The fourth-order valence-corrected chi connectivity index (χ4v) is 4.52. The number of anilines is 1. The van der Waals surface area contributed by atoms with Crippen molar-refractivity contribution in [1.82, 2.24) is 9.97 Å². The average molecular weight is 350 g/mol. The predicted molar refractivity (Wildman–Crippen MR) is 103 cm³/mol. The van der Waals surface area contributed by atoms with E-state index in [-0.39, 0.29) is 0 Å². The topological polar surface area (TPSA) is 54.0 Å². The number of hydrazone groups is 1. The van der Waals surface area contributed by atoms with Crippen LogP contribution in [0.4, 0.5) is 5.82 Å². The number of fused-ring (bicyclic) bond motifs is 3. The van der Waals surface area contributed by atoms with E-state index in [1.165, 1.54) is 39.9 Å². The van der Waals surface area contributed by atoms with Crippen LogP contribution in [-0.2, 0) is 12.8 Å². The highest BCUT2D eigenvalue weighted by atomic mass is 32.1. The van der Waals surface area contributed by atoms with Gasteiger partial charge in [-0.05, 0) is 61.4 Å². The summed E-state index contributed by atoms with van der Waals surface area (Å²) in [6, 6.07) is 5.76. The van der Waals surface area contributed by atoms with Gasteiger partial charge in [-0.2, -0.15) is 9.67 Å². The van der Waals surface area contributed by atoms with Gasteiger partial charge in [0.1, 0.15) is 5.39 Å². The highest BCUT2D eigenvalue weighted by Crippen LogP contribution is 2.37. The normalized spacial score (nSPS) is 14.4. The van der Waals surface area contributed by atoms with Crippen LogP contribution in [0.25, 0.3) is 16.4 Å². The zero-order chi connectivity index (χ0) is 17.1. The van der Waals surface area contributed by atoms with Crippen LogP contribution in [0.1, 0.15) is 35.9 Å². The second kappa shape index (κ2) is 7.11. The van der Waals surface area contributed by atoms with Crippen LogP contribution >= 0.6 is 11.3 Å². The molecule has 0 aliphatic heterocycles. The predicted octanol–water partition coefficient (Wildman–Crippen LogP) is 3.79. The van der Waals surface area contributed by atoms with E-state index >= 15 is 0 Å². The van der Waals surface area contributed by atoms with E-state index in [0.717, 1.165) is 17.9 Å². The lowest BCUT2D eigenvalue weighted by Gasteiger charge is -2.10. The molecule has 0 saturated carbocycles. The number of nitrogens with one attached hydrogen (secondary N) is 1. The Bertz CT molecular complexity index is 943. The van der Waals surface area contributed by atoms with Crippen molar-refractivity contribution in [1.29, 1.82) is 0 Å². The summed E-state index contributed by atoms with van der Waals surface area (Å²) in [4.78, 5) is 11.6. The number of hydrogen-bond acceptors (Lipinski definition) is 5. The molecule has 3 aromatic heterocycles. The van der Waals surface area contributed by atoms with Crippen LogP contribution in [0.15, 0.2) is 41.9 Å². The number of aromatic nitrogens is 3. The molecule has 1 N–H and O–H groups in total. The summed E-state index contributed by atoms with van der Waals surface area (Å²) in [6.45, 7) is 2.02. The summed E-state index contributed by atoms with van der Waals surface area (Å²) < 4.78 is 2.10. The Morgan fingerprint density at radius 2 is 2.16 bits per heavy atom. The summed E-state index contributed by atoms with van der Waals surface area (Å²) in [7, 11) is 0. The number of nitrogens with zero attached hydrogens (tertiary/aromatic N) is 4. The third-order valence-electron chi connectivity index (χ3n) is 4.30. The van der Waals surface area contributed by atoms with Crippen molar-refractivity contribution in [3.8, 4) is 0 Å². The SMILES string of the molecule is CC=C[n+]1cnc(NN=Cc2ccccn2)c2c3c(sc21)CCCC3. The second-order valence-electron chi connectivity index (χ2n) is 6.00. The second-order valence-corrected chi connectivity index (χ2v) is 7.08. The van der Waals surface area contributed by atoms with Crippen molar-refractivity contribution >= 4 is 39.8 Å². The summed E-state index contributed by atoms with van der Waals surface area (Å²) in [6.07, 6.45) is 14.2. The Hall–Kier alpha value is -2.60. The van der Waals surface area contributed by atoms with Crippen molar-refractivity contribution < 1.29 is 4.57 Å². The van der Waals surface area contributed by atoms with Crippen molar-refractivity contribution in [2.75, 3.05) is 5.43 Å². The number of rotatable bonds is 4. The van der Waals surface area contributed by atoms with Crippen molar-refractivity contribution in [3.63, 3.8) is 0 Å². The summed E-state index contributed by atoms with van der Waals surface area (Å²) >= 11 is 1.88. The van der Waals surface area contributed by atoms with E-state index in [4.69, 9.17) is 0 Å². The molecule has 0 atom stereocenters. The van der Waals surface area contributed by atoms with Gasteiger partial charge in [0.15, 0.2) is 0 Å². The minimum absolute atomic E-state index is 0.818. The first-order valence-electron chi connectivity index (χ1n) is 8.54. The highest BCUT2D eigenvalue weighted by molar-refractivity contribution is 7.18. The Kier molecular flexibility index (Phi) is 4.52. The number of aryl methyl sites for hydroxylation is 2. The summed E-state index contributed by atoms with van der Waals surface area (Å²) in [5.41, 5.74) is 5.39. The van der Waals surface area contributed by atoms with Crippen LogP contribution in [-0.4, -0.2) is 16.2 Å². The van der Waals surface area contributed by atoms with Gasteiger partial charge in [-0.25, -0.2) is 5.43 Å². The number of allylic oxidation sites excluding steroid dienone is 1. The molecular weight excluding hydrogens is 330 g/mol. The van der Waals surface area contributed by atoms with Crippen LogP contribution in [0.2, 0.25) is 0 Å². The van der Waals surface area contributed by atoms with Gasteiger partial charge in [0.2, 0.25) is 4.83 Å². The first kappa shape index (κ1) is 15.9. The Morgan fingerprint density at radius 1 is 1.24 bits per heavy atom. The molecule has 4 rings (SSSR count). The van der Waals surface area contributed by atoms with Crippen LogP contribution in [0.5, 0.6) is 0 Å². The molecular formula is C19H20N5S+. The third kappa shape index (κ3) is 3.17. The standard InChI is InChI=1S/C19H19N5S/c1-2-11-24-13-21-18(23-22-12-14-7-5-6-10-20-14)17-15-8-3-4-9-16(15)25-19(17)24/h2,5-7,10-13H,3-4,8-9H2,1H3/p+1. The molecule has 0 saturated heterocycles. The molecule has 0 bridgehead atoms. The van der Waals surface area contributed by atoms with E-state index < -0.39 is 0 Å². The van der Waals surface area contributed by atoms with Gasteiger partial charge in [0, 0.05) is 11.1 Å². The molecule has 1 aliphatic carbocycles. The zero-order valence-corrected chi connectivity index (χ0v) is 15.0. The van der Waals surface area contributed by atoms with Gasteiger partial charge in [-0.1, -0.05) is 17.4 Å². The van der Waals surface area contributed by atoms with Gasteiger partial charge in [-0.15, -0.1) is 0 Å². The van der Waals surface area contributed by atoms with Crippen molar-refractivity contribution in [2.45, 2.75) is 32.6 Å². The molecule has 3 heterocycles. The molecule has 0 spiro atoms. The first-order valence-corrected chi connectivity index (χ1v) is 9.36. The maximum atomic E-state index is 4.61. The van der Waals surface area contributed by atoms with Gasteiger partial charge in [-0.3, -0.25) is 4.98 Å². The summed E-state index contributed by atoms with van der Waals surface area (Å²) in [5, 5.41) is 5.55. The fraction of sp³-hybridized carbons (Fsp3) is 0.263. The molecule has 5 nitrogen and oxygen atoms in total. The quantitative estimate of drug-likeness (QED) is 0.442. The molecule has 25 heavy (non-hydrogen) atoms. The van der Waals surface area contributed by atoms with E-state index in [0.29, 0.717) is 0 Å². The van der Waals surface area contributed by atoms with Gasteiger partial charge in [0.05, 0.1) is 18.1 Å². The molecule has 6 heteroatoms. The van der Waals surface area contributed by atoms with Crippen LogP contribution in [0, 0.1) is 0 Å². The Balaban J connectivity index is 1.74. The molecule has 0 aromatic carbocycles. The van der Waals surface area contributed by atoms with E-state index in [1.807, 2.05) is 48.9 Å². The number of pyridine rings is 1. The minimum atomic E-state index is 0.818. The van der Waals surface area contributed by atoms with Crippen LogP contribution < -0.4 is 9.99 Å². The largest absolute Gasteiger partial charge is 0.294 e. The Labute approximate surface area is 150 Å². The monoisotopic (exact) mass is 350 g/mol. The highest BCUT2D eigenvalue weighted by Gasteiger charge is 2.24. The van der Waals surface area contributed by atoms with Crippen molar-refractivity contribution in [3.05, 3.63) is 52.9 Å². The lowest BCUT2D eigenvalue weighted by molar-refractivity contribution is -0.540. The molecule has 3 aromatic rings. The lowest BCUT2D eigenvalue weighted by Crippen LogP contribution is -2.26. The average Bonchev–Trinajstić information content (AvgIpc) is 3.05. The number of hydrogen-bond donors (Lipinski definition) is 1. The van der Waals surface area contributed by atoms with Gasteiger partial charge < -0.3 is 0 Å². The maximum Gasteiger partial charge on any atom is 0.294 e. The van der Waals surface area contributed by atoms with Crippen molar-refractivity contribution in [2.24, 2.45) is 5.10 Å². The molecule has 0 fully saturated rings. The molecule has 0 radical (unpaired) electrons. The molecule has 1 aliphatic rings. The maximum absolute atomic E-state index is 4.61. The first-order chi connectivity index (χ1) is 12.4. The summed E-state index contributed by atoms with van der Waals surface area (Å²) in [5.74, 6) is 0.822. The third-order valence-corrected chi connectivity index (χ3v) is 5.61. The minimum Gasteiger partial charge on any atom is -0.255 e. The van der Waals surface area contributed by atoms with Gasteiger partial charge in [0.25, 0.3) is 12.1 Å².